The number of hydrogen-bond acceptors (Lipinski definition) is 2. The van der Waals surface area contributed by atoms with E-state index in [0.717, 1.165) is 22.5 Å². The standard InChI is InChI=1S/C15H21N3S/c1-11-8-12-13(16-9-11)18(14(19)17-12)10-15(2)6-4-3-5-7-15/h8-9H,3-7,10H2,1-2H3,(H,17,19). The second-order valence-electron chi connectivity index (χ2n) is 6.27. The fourth-order valence-electron chi connectivity index (χ4n) is 3.24. The van der Waals surface area contributed by atoms with Gasteiger partial charge in [0.05, 0.1) is 5.52 Å². The zero-order chi connectivity index (χ0) is 13.5. The molecule has 19 heavy (non-hydrogen) atoms. The third kappa shape index (κ3) is 2.46. The Bertz CT molecular complexity index is 647. The summed E-state index contributed by atoms with van der Waals surface area (Å²) in [6.07, 6.45) is 8.59. The van der Waals surface area contributed by atoms with Gasteiger partial charge in [0, 0.05) is 12.7 Å². The molecule has 0 amide bonds. The molecule has 2 aromatic heterocycles. The van der Waals surface area contributed by atoms with Crippen LogP contribution in [0.4, 0.5) is 0 Å². The van der Waals surface area contributed by atoms with E-state index >= 15 is 0 Å². The highest BCUT2D eigenvalue weighted by atomic mass is 32.1. The molecule has 1 fully saturated rings. The van der Waals surface area contributed by atoms with Crippen LogP contribution in [-0.2, 0) is 6.54 Å². The van der Waals surface area contributed by atoms with Crippen molar-refractivity contribution in [3.63, 3.8) is 0 Å². The molecule has 2 aromatic rings. The summed E-state index contributed by atoms with van der Waals surface area (Å²) in [7, 11) is 0. The number of nitrogens with zero attached hydrogens (tertiary/aromatic N) is 2. The van der Waals surface area contributed by atoms with Crippen LogP contribution in [0.25, 0.3) is 11.2 Å². The van der Waals surface area contributed by atoms with Gasteiger partial charge in [0.15, 0.2) is 10.4 Å². The van der Waals surface area contributed by atoms with Crippen molar-refractivity contribution in [2.24, 2.45) is 5.41 Å². The van der Waals surface area contributed by atoms with E-state index in [1.807, 2.05) is 6.20 Å². The van der Waals surface area contributed by atoms with Crippen molar-refractivity contribution in [3.05, 3.63) is 22.6 Å². The highest BCUT2D eigenvalue weighted by molar-refractivity contribution is 7.71. The molecule has 0 unspecified atom stereocenters. The van der Waals surface area contributed by atoms with Crippen LogP contribution < -0.4 is 0 Å². The maximum absolute atomic E-state index is 5.48. The number of imidazole rings is 1. The number of aromatic amines is 1. The summed E-state index contributed by atoms with van der Waals surface area (Å²) in [5.74, 6) is 0. The Morgan fingerprint density at radius 1 is 1.37 bits per heavy atom. The van der Waals surface area contributed by atoms with Crippen molar-refractivity contribution in [2.75, 3.05) is 0 Å². The van der Waals surface area contributed by atoms with Crippen molar-refractivity contribution < 1.29 is 0 Å². The summed E-state index contributed by atoms with van der Waals surface area (Å²) in [6.45, 7) is 5.44. The van der Waals surface area contributed by atoms with Gasteiger partial charge >= 0.3 is 0 Å². The number of fused-ring (bicyclic) bond motifs is 1. The fraction of sp³-hybridized carbons (Fsp3) is 0.600. The Morgan fingerprint density at radius 2 is 2.11 bits per heavy atom. The number of pyridine rings is 1. The van der Waals surface area contributed by atoms with Crippen LogP contribution in [0.5, 0.6) is 0 Å². The summed E-state index contributed by atoms with van der Waals surface area (Å²) in [4.78, 5) is 7.85. The van der Waals surface area contributed by atoms with Gasteiger partial charge in [-0.05, 0) is 49.0 Å². The summed E-state index contributed by atoms with van der Waals surface area (Å²) in [5, 5.41) is 0. The average Bonchev–Trinajstić information content (AvgIpc) is 2.65. The van der Waals surface area contributed by atoms with Gasteiger partial charge in [-0.3, -0.25) is 0 Å². The molecule has 4 heteroatoms. The molecule has 0 aromatic carbocycles. The molecule has 0 radical (unpaired) electrons. The normalized spacial score (nSPS) is 18.8. The van der Waals surface area contributed by atoms with Gasteiger partial charge in [0.2, 0.25) is 0 Å². The smallest absolute Gasteiger partial charge is 0.179 e. The van der Waals surface area contributed by atoms with Gasteiger partial charge in [0.1, 0.15) is 0 Å². The third-order valence-electron chi connectivity index (χ3n) is 4.35. The van der Waals surface area contributed by atoms with Crippen LogP contribution in [0.1, 0.15) is 44.6 Å². The van der Waals surface area contributed by atoms with E-state index in [1.54, 1.807) is 0 Å². The van der Waals surface area contributed by atoms with Crippen molar-refractivity contribution in [1.82, 2.24) is 14.5 Å². The molecule has 0 bridgehead atoms. The van der Waals surface area contributed by atoms with Crippen molar-refractivity contribution in [1.29, 1.82) is 0 Å². The summed E-state index contributed by atoms with van der Waals surface area (Å²) in [5.41, 5.74) is 3.60. The Morgan fingerprint density at radius 3 is 2.84 bits per heavy atom. The van der Waals surface area contributed by atoms with Gasteiger partial charge in [-0.1, -0.05) is 26.2 Å². The first-order chi connectivity index (χ1) is 9.07. The molecule has 0 aliphatic heterocycles. The average molecular weight is 275 g/mol. The van der Waals surface area contributed by atoms with Crippen LogP contribution >= 0.6 is 12.2 Å². The monoisotopic (exact) mass is 275 g/mol. The molecule has 1 saturated carbocycles. The first-order valence-electron chi connectivity index (χ1n) is 7.13. The van der Waals surface area contributed by atoms with Gasteiger partial charge in [-0.25, -0.2) is 4.98 Å². The maximum Gasteiger partial charge on any atom is 0.179 e. The lowest BCUT2D eigenvalue weighted by atomic mass is 9.75. The maximum atomic E-state index is 5.48. The molecule has 3 nitrogen and oxygen atoms in total. The molecule has 1 aliphatic rings. The van der Waals surface area contributed by atoms with E-state index in [9.17, 15) is 0 Å². The van der Waals surface area contributed by atoms with Crippen LogP contribution in [0, 0.1) is 17.1 Å². The molecule has 102 valence electrons. The van der Waals surface area contributed by atoms with Crippen LogP contribution in [0.2, 0.25) is 0 Å². The first-order valence-corrected chi connectivity index (χ1v) is 7.53. The van der Waals surface area contributed by atoms with Crippen LogP contribution in [0.3, 0.4) is 0 Å². The Kier molecular flexibility index (Phi) is 3.21. The van der Waals surface area contributed by atoms with Gasteiger partial charge in [-0.15, -0.1) is 0 Å². The third-order valence-corrected chi connectivity index (χ3v) is 4.67. The van der Waals surface area contributed by atoms with Crippen molar-refractivity contribution in [2.45, 2.75) is 52.5 Å². The minimum absolute atomic E-state index is 0.373. The Hall–Kier alpha value is -1.16. The second-order valence-corrected chi connectivity index (χ2v) is 6.66. The molecule has 1 aliphatic carbocycles. The predicted octanol–water partition coefficient (Wildman–Crippen LogP) is 4.37. The number of hydrogen-bond donors (Lipinski definition) is 1. The summed E-state index contributed by atoms with van der Waals surface area (Å²) in [6, 6.07) is 2.12. The molecular weight excluding hydrogens is 254 g/mol. The number of rotatable bonds is 2. The highest BCUT2D eigenvalue weighted by Gasteiger charge is 2.28. The molecular formula is C15H21N3S. The fourth-order valence-corrected chi connectivity index (χ4v) is 3.50. The Balaban J connectivity index is 2.00. The minimum Gasteiger partial charge on any atom is -0.329 e. The molecule has 2 heterocycles. The molecule has 0 saturated heterocycles. The Labute approximate surface area is 119 Å². The molecule has 3 rings (SSSR count). The number of nitrogens with one attached hydrogen (secondary N) is 1. The van der Waals surface area contributed by atoms with E-state index < -0.39 is 0 Å². The number of aryl methyl sites for hydroxylation is 1. The molecule has 0 spiro atoms. The minimum atomic E-state index is 0.373. The zero-order valence-electron chi connectivity index (χ0n) is 11.7. The summed E-state index contributed by atoms with van der Waals surface area (Å²) >= 11 is 5.48. The lowest BCUT2D eigenvalue weighted by Gasteiger charge is -2.33. The van der Waals surface area contributed by atoms with Crippen molar-refractivity contribution >= 4 is 23.4 Å². The zero-order valence-corrected chi connectivity index (χ0v) is 12.5. The first kappa shape index (κ1) is 12.9. The largest absolute Gasteiger partial charge is 0.329 e. The van der Waals surface area contributed by atoms with Crippen LogP contribution in [0.15, 0.2) is 12.3 Å². The highest BCUT2D eigenvalue weighted by Crippen LogP contribution is 2.37. The van der Waals surface area contributed by atoms with Gasteiger partial charge < -0.3 is 9.55 Å². The van der Waals surface area contributed by atoms with E-state index in [-0.39, 0.29) is 0 Å². The molecule has 0 atom stereocenters. The van der Waals surface area contributed by atoms with Gasteiger partial charge in [0.25, 0.3) is 0 Å². The summed E-state index contributed by atoms with van der Waals surface area (Å²) < 4.78 is 3.00. The quantitative estimate of drug-likeness (QED) is 0.826. The topological polar surface area (TPSA) is 33.6 Å². The van der Waals surface area contributed by atoms with E-state index in [1.165, 1.54) is 37.7 Å². The van der Waals surface area contributed by atoms with E-state index in [2.05, 4.69) is 34.4 Å². The van der Waals surface area contributed by atoms with E-state index in [4.69, 9.17) is 12.2 Å². The second kappa shape index (κ2) is 4.75. The molecule has 1 N–H and O–H groups in total. The predicted molar refractivity (Wildman–Crippen MR) is 80.8 cm³/mol. The lowest BCUT2D eigenvalue weighted by molar-refractivity contribution is 0.184. The number of H-pyrrole nitrogens is 1. The van der Waals surface area contributed by atoms with Gasteiger partial charge in [-0.2, -0.15) is 0 Å². The van der Waals surface area contributed by atoms with E-state index in [0.29, 0.717) is 5.41 Å². The van der Waals surface area contributed by atoms with Crippen LogP contribution in [-0.4, -0.2) is 14.5 Å². The lowest BCUT2D eigenvalue weighted by Crippen LogP contribution is -2.26. The SMILES string of the molecule is Cc1cnc2c(c1)[nH]c(=S)n2CC1(C)CCCCC1. The number of aromatic nitrogens is 3. The van der Waals surface area contributed by atoms with Crippen molar-refractivity contribution in [3.8, 4) is 0 Å².